The summed E-state index contributed by atoms with van der Waals surface area (Å²) in [7, 11) is 2.15. The zero-order valence-electron chi connectivity index (χ0n) is 28.3. The molecule has 3 rings (SSSR count). The van der Waals surface area contributed by atoms with Crippen LogP contribution in [-0.4, -0.2) is 46.6 Å². The van der Waals surface area contributed by atoms with Crippen molar-refractivity contribution in [3.63, 3.8) is 0 Å². The Morgan fingerprint density at radius 1 is 0.455 bits per heavy atom. The topological polar surface area (TPSA) is 9.23 Å². The number of hydrogen-bond acceptors (Lipinski definition) is 1. The Morgan fingerprint density at radius 2 is 0.773 bits per heavy atom. The molecule has 0 aliphatic rings. The molecule has 0 aliphatic carbocycles. The Labute approximate surface area is 271 Å². The summed E-state index contributed by atoms with van der Waals surface area (Å²) < 4.78 is 8.20. The molecule has 4 heteroatoms. The van der Waals surface area contributed by atoms with E-state index in [1.54, 1.807) is 0 Å². The summed E-state index contributed by atoms with van der Waals surface area (Å²) in [6.07, 6.45) is 22.7. The fourth-order valence-corrected chi connectivity index (χ4v) is 10.3. The van der Waals surface area contributed by atoms with Gasteiger partial charge in [-0.2, -0.15) is 0 Å². The molecule has 2 nitrogen and oxygen atoms in total. The number of rotatable bonds is 24. The van der Waals surface area contributed by atoms with Crippen LogP contribution >= 0.6 is 0 Å². The lowest BCUT2D eigenvalue weighted by Crippen LogP contribution is -3.00. The van der Waals surface area contributed by atoms with Gasteiger partial charge in [0.1, 0.15) is 6.54 Å². The zero-order chi connectivity index (χ0) is 30.5. The standard InChI is InChI=1S/C40H62NOSi.FH/c1-4-5-6-7-8-9-10-11-12-13-14-15-16-17-18-28-35-41(2,3)36-37-42-43(38-29-22-19-23-30-38,39-31-24-20-25-32-39)40-33-26-21-27-34-40;/h19-27,29-34H,4-18,28,35-37H2,1-3H3;1H/q+1;/p-1. The van der Waals surface area contributed by atoms with Gasteiger partial charge in [0.15, 0.2) is 0 Å². The molecule has 0 spiro atoms. The maximum Gasteiger partial charge on any atom is 0.288 e. The lowest BCUT2D eigenvalue weighted by Gasteiger charge is -2.35. The minimum Gasteiger partial charge on any atom is -1.00 e. The van der Waals surface area contributed by atoms with Crippen LogP contribution in [0.25, 0.3) is 0 Å². The van der Waals surface area contributed by atoms with Crippen molar-refractivity contribution in [2.24, 2.45) is 0 Å². The summed E-state index contributed by atoms with van der Waals surface area (Å²) >= 11 is 0. The van der Waals surface area contributed by atoms with Gasteiger partial charge in [-0.05, 0) is 28.4 Å². The molecule has 0 saturated heterocycles. The minimum atomic E-state index is -2.61. The van der Waals surface area contributed by atoms with Gasteiger partial charge in [-0.3, -0.25) is 0 Å². The zero-order valence-corrected chi connectivity index (χ0v) is 29.3. The smallest absolute Gasteiger partial charge is 0.288 e. The molecule has 3 aromatic carbocycles. The first-order chi connectivity index (χ1) is 21.1. The van der Waals surface area contributed by atoms with Gasteiger partial charge in [-0.1, -0.05) is 188 Å². The van der Waals surface area contributed by atoms with E-state index in [4.69, 9.17) is 4.43 Å². The summed E-state index contributed by atoms with van der Waals surface area (Å²) in [6.45, 7) is 5.31. The van der Waals surface area contributed by atoms with E-state index < -0.39 is 8.32 Å². The molecule has 0 fully saturated rings. The van der Waals surface area contributed by atoms with Gasteiger partial charge in [-0.25, -0.2) is 0 Å². The minimum absolute atomic E-state index is 0. The van der Waals surface area contributed by atoms with E-state index in [2.05, 4.69) is 112 Å². The predicted molar refractivity (Wildman–Crippen MR) is 191 cm³/mol. The van der Waals surface area contributed by atoms with Crippen LogP contribution in [0.2, 0.25) is 0 Å². The molecule has 44 heavy (non-hydrogen) atoms. The van der Waals surface area contributed by atoms with E-state index >= 15 is 0 Å². The van der Waals surface area contributed by atoms with Gasteiger partial charge in [-0.15, -0.1) is 0 Å². The maximum absolute atomic E-state index is 7.18. The second-order valence-electron chi connectivity index (χ2n) is 13.3. The van der Waals surface area contributed by atoms with Gasteiger partial charge in [0, 0.05) is 0 Å². The molecule has 0 N–H and O–H groups in total. The fourth-order valence-electron chi connectivity index (χ4n) is 6.41. The van der Waals surface area contributed by atoms with E-state index in [1.807, 2.05) is 0 Å². The van der Waals surface area contributed by atoms with E-state index in [0.29, 0.717) is 0 Å². The first-order valence-corrected chi connectivity index (χ1v) is 19.6. The molecule has 0 aliphatic heterocycles. The van der Waals surface area contributed by atoms with Crippen LogP contribution in [0.1, 0.15) is 110 Å². The quantitative estimate of drug-likeness (QED) is 0.0517. The molecule has 0 aromatic heterocycles. The number of unbranched alkanes of at least 4 members (excludes halogenated alkanes) is 15. The molecule has 0 bridgehead atoms. The van der Waals surface area contributed by atoms with E-state index in [9.17, 15) is 0 Å². The molecular formula is C40H62FNOSi. The van der Waals surface area contributed by atoms with Gasteiger partial charge in [0.2, 0.25) is 0 Å². The molecular weight excluding hydrogens is 558 g/mol. The van der Waals surface area contributed by atoms with Crippen molar-refractivity contribution in [3.05, 3.63) is 91.0 Å². The van der Waals surface area contributed by atoms with Gasteiger partial charge in [0.25, 0.3) is 8.32 Å². The normalized spacial score (nSPS) is 11.8. The van der Waals surface area contributed by atoms with E-state index in [1.165, 1.54) is 125 Å². The third kappa shape index (κ3) is 13.4. The maximum atomic E-state index is 7.18. The van der Waals surface area contributed by atoms with Crippen LogP contribution < -0.4 is 20.3 Å². The molecule has 3 aromatic rings. The van der Waals surface area contributed by atoms with Crippen molar-refractivity contribution < 1.29 is 13.6 Å². The molecule has 0 radical (unpaired) electrons. The Bertz CT molecular complexity index is 980. The Balaban J connectivity index is 0.00000675. The molecule has 0 saturated carbocycles. The highest BCUT2D eigenvalue weighted by molar-refractivity contribution is 7.07. The van der Waals surface area contributed by atoms with Crippen LogP contribution in [0.4, 0.5) is 0 Å². The van der Waals surface area contributed by atoms with Crippen LogP contribution in [-0.2, 0) is 4.43 Å². The SMILES string of the molecule is CCCCCCCCCCCCCCCCCC[N+](C)(C)CCO[Si](c1ccccc1)(c1ccccc1)c1ccccc1.[F-]. The first-order valence-electron chi connectivity index (χ1n) is 17.7. The highest BCUT2D eigenvalue weighted by Crippen LogP contribution is 2.15. The second kappa shape index (κ2) is 22.3. The molecule has 0 unspecified atom stereocenters. The van der Waals surface area contributed by atoms with Gasteiger partial charge >= 0.3 is 0 Å². The highest BCUT2D eigenvalue weighted by atomic mass is 28.4. The summed E-state index contributed by atoms with van der Waals surface area (Å²) in [5, 5.41) is 3.95. The van der Waals surface area contributed by atoms with Crippen LogP contribution in [0, 0.1) is 0 Å². The Morgan fingerprint density at radius 3 is 1.11 bits per heavy atom. The monoisotopic (exact) mass is 619 g/mol. The van der Waals surface area contributed by atoms with Crippen molar-refractivity contribution in [3.8, 4) is 0 Å². The number of hydrogen-bond donors (Lipinski definition) is 0. The Hall–Kier alpha value is -2.27. The van der Waals surface area contributed by atoms with Crippen molar-refractivity contribution in [1.82, 2.24) is 0 Å². The average molecular weight is 620 g/mol. The number of nitrogens with zero attached hydrogens (tertiary/aromatic N) is 1. The van der Waals surface area contributed by atoms with Crippen LogP contribution in [0.15, 0.2) is 91.0 Å². The molecule has 0 heterocycles. The Kier molecular flexibility index (Phi) is 19.2. The second-order valence-corrected chi connectivity index (χ2v) is 16.7. The van der Waals surface area contributed by atoms with E-state index in [-0.39, 0.29) is 4.70 Å². The van der Waals surface area contributed by atoms with E-state index in [0.717, 1.165) is 17.6 Å². The average Bonchev–Trinajstić information content (AvgIpc) is 3.04. The summed E-state index contributed by atoms with van der Waals surface area (Å²) in [4.78, 5) is 0. The highest BCUT2D eigenvalue weighted by Gasteiger charge is 2.42. The van der Waals surface area contributed by atoms with Crippen molar-refractivity contribution in [2.75, 3.05) is 33.8 Å². The lowest BCUT2D eigenvalue weighted by atomic mass is 10.0. The van der Waals surface area contributed by atoms with Crippen LogP contribution in [0.3, 0.4) is 0 Å². The van der Waals surface area contributed by atoms with Gasteiger partial charge in [0.05, 0.1) is 27.2 Å². The third-order valence-corrected chi connectivity index (χ3v) is 13.2. The molecule has 0 amide bonds. The summed E-state index contributed by atoms with van der Waals surface area (Å²) in [5.41, 5.74) is 0. The number of halogens is 1. The summed E-state index contributed by atoms with van der Waals surface area (Å²) in [5.74, 6) is 0. The summed E-state index contributed by atoms with van der Waals surface area (Å²) in [6, 6.07) is 32.9. The lowest BCUT2D eigenvalue weighted by molar-refractivity contribution is -0.890. The molecule has 244 valence electrons. The fraction of sp³-hybridized carbons (Fsp3) is 0.550. The molecule has 0 atom stereocenters. The number of likely N-dealkylation sites (N-methyl/N-ethyl adjacent to an activating group) is 1. The van der Waals surface area contributed by atoms with Crippen LogP contribution in [0.5, 0.6) is 0 Å². The largest absolute Gasteiger partial charge is 1.00 e. The first kappa shape index (κ1) is 37.9. The van der Waals surface area contributed by atoms with Crippen molar-refractivity contribution in [2.45, 2.75) is 110 Å². The van der Waals surface area contributed by atoms with Gasteiger partial charge < -0.3 is 13.6 Å². The van der Waals surface area contributed by atoms with Crippen molar-refractivity contribution in [1.29, 1.82) is 0 Å². The number of benzene rings is 3. The number of quaternary nitrogens is 1. The third-order valence-electron chi connectivity index (χ3n) is 9.17. The predicted octanol–water partition coefficient (Wildman–Crippen LogP) is 6.01. The van der Waals surface area contributed by atoms with Crippen molar-refractivity contribution >= 4 is 23.9 Å².